The molecule has 0 radical (unpaired) electrons. The topological polar surface area (TPSA) is 47.0 Å². The largest absolute Gasteiger partial charge is 0.501 e. The summed E-state index contributed by atoms with van der Waals surface area (Å²) in [4.78, 5) is 2.92. The maximum atomic E-state index is 13.0. The van der Waals surface area contributed by atoms with Gasteiger partial charge in [0.25, 0.3) is 9.84 Å². The van der Waals surface area contributed by atoms with Crippen LogP contribution in [0.25, 0.3) is 11.6 Å². The van der Waals surface area contributed by atoms with Crippen molar-refractivity contribution >= 4 is 21.5 Å². The van der Waals surface area contributed by atoms with Crippen LogP contribution in [0.15, 0.2) is 89.6 Å². The van der Waals surface area contributed by atoms with E-state index < -0.39 is 20.2 Å². The van der Waals surface area contributed by atoms with Gasteiger partial charge in [-0.2, -0.15) is 13.2 Å². The van der Waals surface area contributed by atoms with Crippen LogP contribution in [0.3, 0.4) is 0 Å². The lowest BCUT2D eigenvalue weighted by molar-refractivity contribution is -0.0436. The molecule has 1 heterocycles. The number of pyridine rings is 1. The molecule has 0 amide bonds. The van der Waals surface area contributed by atoms with Crippen molar-refractivity contribution in [2.45, 2.75) is 16.8 Å². The van der Waals surface area contributed by atoms with E-state index in [0.717, 1.165) is 23.3 Å². The number of allylic oxidation sites excluding steroid dienone is 1. The SMILES string of the molecule is O=S(=O)(c1cccnc1C=C=C(Cc1ccccc1)c1ccccc1)C(F)(F)F. The first-order chi connectivity index (χ1) is 13.8. The molecule has 2 aromatic carbocycles. The Morgan fingerprint density at radius 1 is 0.931 bits per heavy atom. The smallest absolute Gasteiger partial charge is 0.255 e. The standard InChI is InChI=1S/C22H16F3NO2S/c23-22(24,25)29(27,28)21-12-7-15-26-20(21)14-13-19(18-10-5-2-6-11-18)16-17-8-3-1-4-9-17/h1-12,14-15H,16H2. The lowest BCUT2D eigenvalue weighted by atomic mass is 9.99. The normalized spacial score (nSPS) is 11.6. The molecule has 0 unspecified atom stereocenters. The van der Waals surface area contributed by atoms with Gasteiger partial charge in [0.05, 0.1) is 5.69 Å². The van der Waals surface area contributed by atoms with Crippen LogP contribution in [-0.4, -0.2) is 18.9 Å². The molecule has 29 heavy (non-hydrogen) atoms. The summed E-state index contributed by atoms with van der Waals surface area (Å²) >= 11 is 0. The molecule has 0 saturated carbocycles. The van der Waals surface area contributed by atoms with Crippen molar-refractivity contribution in [1.29, 1.82) is 0 Å². The predicted molar refractivity (Wildman–Crippen MR) is 105 cm³/mol. The van der Waals surface area contributed by atoms with Crippen LogP contribution in [0.5, 0.6) is 0 Å². The summed E-state index contributed by atoms with van der Waals surface area (Å²) in [5.41, 5.74) is -0.261. The van der Waals surface area contributed by atoms with E-state index in [2.05, 4.69) is 10.7 Å². The molecule has 0 aliphatic heterocycles. The second-order valence-corrected chi connectivity index (χ2v) is 8.04. The Morgan fingerprint density at radius 3 is 2.17 bits per heavy atom. The van der Waals surface area contributed by atoms with Crippen LogP contribution in [0.2, 0.25) is 0 Å². The molecule has 0 spiro atoms. The van der Waals surface area contributed by atoms with Gasteiger partial charge in [-0.3, -0.25) is 4.98 Å². The minimum absolute atomic E-state index is 0.314. The van der Waals surface area contributed by atoms with Crippen molar-refractivity contribution in [3.8, 4) is 0 Å². The second kappa shape index (κ2) is 8.47. The number of aromatic nitrogens is 1. The monoisotopic (exact) mass is 415 g/mol. The van der Waals surface area contributed by atoms with Crippen molar-refractivity contribution in [1.82, 2.24) is 4.98 Å². The number of hydrogen-bond acceptors (Lipinski definition) is 3. The van der Waals surface area contributed by atoms with E-state index in [0.29, 0.717) is 12.0 Å². The highest BCUT2D eigenvalue weighted by atomic mass is 32.2. The molecule has 148 valence electrons. The number of halogens is 3. The van der Waals surface area contributed by atoms with Gasteiger partial charge in [-0.1, -0.05) is 60.7 Å². The molecule has 0 bridgehead atoms. The van der Waals surface area contributed by atoms with Gasteiger partial charge < -0.3 is 0 Å². The highest BCUT2D eigenvalue weighted by Gasteiger charge is 2.47. The molecule has 0 atom stereocenters. The summed E-state index contributed by atoms with van der Waals surface area (Å²) < 4.78 is 62.7. The van der Waals surface area contributed by atoms with E-state index in [1.165, 1.54) is 12.3 Å². The average Bonchev–Trinajstić information content (AvgIpc) is 2.72. The molecule has 0 saturated heterocycles. The summed E-state index contributed by atoms with van der Waals surface area (Å²) in [7, 11) is -5.52. The van der Waals surface area contributed by atoms with E-state index >= 15 is 0 Å². The highest BCUT2D eigenvalue weighted by Crippen LogP contribution is 2.32. The van der Waals surface area contributed by atoms with Crippen LogP contribution < -0.4 is 0 Å². The van der Waals surface area contributed by atoms with E-state index in [1.54, 1.807) is 0 Å². The molecular formula is C22H16F3NO2S. The van der Waals surface area contributed by atoms with Crippen LogP contribution in [-0.2, 0) is 16.3 Å². The third-order valence-electron chi connectivity index (χ3n) is 4.12. The Labute approximate surface area is 166 Å². The minimum Gasteiger partial charge on any atom is -0.255 e. The Hall–Kier alpha value is -3.15. The predicted octanol–water partition coefficient (Wildman–Crippen LogP) is 5.31. The Balaban J connectivity index is 2.12. The third kappa shape index (κ3) is 4.83. The zero-order valence-corrected chi connectivity index (χ0v) is 15.9. The summed E-state index contributed by atoms with van der Waals surface area (Å²) in [6.07, 6.45) is 2.89. The number of sulfone groups is 1. The Kier molecular flexibility index (Phi) is 6.01. The third-order valence-corrected chi connectivity index (χ3v) is 5.66. The van der Waals surface area contributed by atoms with Crippen molar-refractivity contribution < 1.29 is 21.6 Å². The molecule has 3 aromatic rings. The zero-order chi connectivity index (χ0) is 20.9. The lowest BCUT2D eigenvalue weighted by Gasteiger charge is -2.09. The van der Waals surface area contributed by atoms with Crippen LogP contribution in [0.1, 0.15) is 16.8 Å². The summed E-state index contributed by atoms with van der Waals surface area (Å²) in [6, 6.07) is 20.8. The first-order valence-electron chi connectivity index (χ1n) is 8.60. The number of rotatable bonds is 5. The molecule has 3 nitrogen and oxygen atoms in total. The van der Waals surface area contributed by atoms with Crippen molar-refractivity contribution in [3.63, 3.8) is 0 Å². The minimum atomic E-state index is -5.52. The van der Waals surface area contributed by atoms with E-state index in [4.69, 9.17) is 0 Å². The zero-order valence-electron chi connectivity index (χ0n) is 15.1. The number of nitrogens with zero attached hydrogens (tertiary/aromatic N) is 1. The quantitative estimate of drug-likeness (QED) is 0.531. The highest BCUT2D eigenvalue weighted by molar-refractivity contribution is 7.92. The van der Waals surface area contributed by atoms with Gasteiger partial charge in [0.15, 0.2) is 0 Å². The molecule has 0 fully saturated rings. The van der Waals surface area contributed by atoms with E-state index in [-0.39, 0.29) is 5.69 Å². The molecule has 7 heteroatoms. The van der Waals surface area contributed by atoms with Gasteiger partial charge in [-0.05, 0) is 23.3 Å². The van der Waals surface area contributed by atoms with E-state index in [9.17, 15) is 21.6 Å². The van der Waals surface area contributed by atoms with Crippen molar-refractivity contribution in [2.24, 2.45) is 0 Å². The second-order valence-electron chi connectivity index (χ2n) is 6.13. The van der Waals surface area contributed by atoms with Crippen LogP contribution in [0, 0.1) is 0 Å². The first-order valence-corrected chi connectivity index (χ1v) is 10.1. The fourth-order valence-electron chi connectivity index (χ4n) is 2.69. The number of hydrogen-bond donors (Lipinski definition) is 0. The molecule has 0 aliphatic carbocycles. The van der Waals surface area contributed by atoms with Crippen LogP contribution in [0.4, 0.5) is 13.2 Å². The van der Waals surface area contributed by atoms with Gasteiger partial charge in [-0.25, -0.2) is 8.42 Å². The summed E-state index contributed by atoms with van der Waals surface area (Å²) in [5.74, 6) is 0. The van der Waals surface area contributed by atoms with Crippen molar-refractivity contribution in [3.05, 3.63) is 102 Å². The molecule has 0 aliphatic rings. The van der Waals surface area contributed by atoms with Gasteiger partial charge in [0.2, 0.25) is 0 Å². The maximum absolute atomic E-state index is 13.0. The van der Waals surface area contributed by atoms with E-state index in [1.807, 2.05) is 60.7 Å². The lowest BCUT2D eigenvalue weighted by Crippen LogP contribution is -2.24. The summed E-state index contributed by atoms with van der Waals surface area (Å²) in [6.45, 7) is 0. The van der Waals surface area contributed by atoms with Crippen LogP contribution >= 0.6 is 0 Å². The molecule has 0 N–H and O–H groups in total. The average molecular weight is 415 g/mol. The van der Waals surface area contributed by atoms with Gasteiger partial charge in [0, 0.05) is 24.3 Å². The molecular weight excluding hydrogens is 399 g/mol. The number of alkyl halides is 3. The maximum Gasteiger partial charge on any atom is 0.501 e. The Bertz CT molecular complexity index is 1150. The first kappa shape index (κ1) is 20.6. The molecule has 1 aromatic heterocycles. The molecule has 3 rings (SSSR count). The van der Waals surface area contributed by atoms with Crippen molar-refractivity contribution in [2.75, 3.05) is 0 Å². The summed E-state index contributed by atoms with van der Waals surface area (Å²) in [5, 5.41) is 0. The van der Waals surface area contributed by atoms with Gasteiger partial charge in [-0.15, -0.1) is 5.73 Å². The number of benzene rings is 2. The van der Waals surface area contributed by atoms with Gasteiger partial charge >= 0.3 is 5.51 Å². The fourth-order valence-corrected chi connectivity index (χ4v) is 3.59. The Morgan fingerprint density at radius 2 is 1.55 bits per heavy atom. The van der Waals surface area contributed by atoms with Gasteiger partial charge in [0.1, 0.15) is 4.90 Å². The fraction of sp³-hybridized carbons (Fsp3) is 0.0909.